The fourth-order valence-electron chi connectivity index (χ4n) is 3.47. The molecule has 4 rings (SSSR count). The minimum absolute atomic E-state index is 0.161. The lowest BCUT2D eigenvalue weighted by Crippen LogP contribution is -2.62. The summed E-state index contributed by atoms with van der Waals surface area (Å²) in [5, 5.41) is 4.28. The fourth-order valence-corrected chi connectivity index (χ4v) is 3.47. The Labute approximate surface area is 158 Å². The molecule has 0 bridgehead atoms. The SMILES string of the molecule is CN(C)Cc1cc(CC2(N(Cc3ccco3)Cc3ccco3)COC2)no1. The van der Waals surface area contributed by atoms with Crippen LogP contribution in [0.4, 0.5) is 0 Å². The highest BCUT2D eigenvalue weighted by Crippen LogP contribution is 2.32. The lowest BCUT2D eigenvalue weighted by atomic mass is 9.88. The number of nitrogens with zero attached hydrogens (tertiary/aromatic N) is 3. The summed E-state index contributed by atoms with van der Waals surface area (Å²) in [5.41, 5.74) is 0.783. The molecule has 1 fully saturated rings. The van der Waals surface area contributed by atoms with Gasteiger partial charge in [0, 0.05) is 12.5 Å². The standard InChI is InChI=1S/C20H25N3O4/c1-22(2)11-19-9-16(21-27-19)10-20(14-24-15-20)23(12-17-5-3-7-25-17)13-18-6-4-8-26-18/h3-9H,10-15H2,1-2H3. The molecule has 0 radical (unpaired) electrons. The quantitative estimate of drug-likeness (QED) is 0.573. The van der Waals surface area contributed by atoms with Crippen molar-refractivity contribution in [2.24, 2.45) is 0 Å². The van der Waals surface area contributed by atoms with Crippen molar-refractivity contribution in [3.05, 3.63) is 65.8 Å². The Kier molecular flexibility index (Phi) is 5.15. The van der Waals surface area contributed by atoms with Gasteiger partial charge in [0.1, 0.15) is 11.5 Å². The molecule has 0 spiro atoms. The van der Waals surface area contributed by atoms with E-state index in [1.807, 2.05) is 44.4 Å². The third-order valence-electron chi connectivity index (χ3n) is 4.86. The summed E-state index contributed by atoms with van der Waals surface area (Å²) in [4.78, 5) is 4.42. The van der Waals surface area contributed by atoms with E-state index in [0.717, 1.165) is 35.9 Å². The van der Waals surface area contributed by atoms with E-state index in [0.29, 0.717) is 26.3 Å². The molecule has 0 atom stereocenters. The summed E-state index contributed by atoms with van der Waals surface area (Å²) < 4.78 is 22.3. The molecule has 7 heteroatoms. The molecule has 27 heavy (non-hydrogen) atoms. The van der Waals surface area contributed by atoms with Gasteiger partial charge in [-0.25, -0.2) is 0 Å². The largest absolute Gasteiger partial charge is 0.468 e. The molecular formula is C20H25N3O4. The zero-order valence-corrected chi connectivity index (χ0v) is 15.8. The van der Waals surface area contributed by atoms with Crippen LogP contribution in [0.2, 0.25) is 0 Å². The fraction of sp³-hybridized carbons (Fsp3) is 0.450. The Morgan fingerprint density at radius 2 is 1.63 bits per heavy atom. The van der Waals surface area contributed by atoms with E-state index >= 15 is 0 Å². The van der Waals surface area contributed by atoms with Crippen molar-refractivity contribution < 1.29 is 18.1 Å². The zero-order chi connectivity index (χ0) is 18.7. The molecule has 0 unspecified atom stereocenters. The average molecular weight is 371 g/mol. The van der Waals surface area contributed by atoms with Crippen LogP contribution in [0.15, 0.2) is 56.2 Å². The van der Waals surface area contributed by atoms with Gasteiger partial charge in [-0.15, -0.1) is 0 Å². The van der Waals surface area contributed by atoms with Crippen LogP contribution in [0, 0.1) is 0 Å². The van der Waals surface area contributed by atoms with Crippen LogP contribution in [0.25, 0.3) is 0 Å². The molecule has 1 saturated heterocycles. The van der Waals surface area contributed by atoms with E-state index in [2.05, 4.69) is 15.0 Å². The predicted octanol–water partition coefficient (Wildman–Crippen LogP) is 2.94. The number of rotatable bonds is 9. The highest BCUT2D eigenvalue weighted by molar-refractivity contribution is 5.14. The summed E-state index contributed by atoms with van der Waals surface area (Å²) in [5.74, 6) is 2.71. The van der Waals surface area contributed by atoms with E-state index in [1.165, 1.54) is 0 Å². The smallest absolute Gasteiger partial charge is 0.150 e. The number of hydrogen-bond acceptors (Lipinski definition) is 7. The average Bonchev–Trinajstić information content (AvgIpc) is 3.33. The maximum atomic E-state index is 5.63. The molecule has 1 aliphatic rings. The Balaban J connectivity index is 1.54. The first-order valence-electron chi connectivity index (χ1n) is 9.10. The Morgan fingerprint density at radius 1 is 0.963 bits per heavy atom. The first-order valence-corrected chi connectivity index (χ1v) is 9.10. The van der Waals surface area contributed by atoms with E-state index in [9.17, 15) is 0 Å². The highest BCUT2D eigenvalue weighted by atomic mass is 16.5. The maximum absolute atomic E-state index is 5.63. The van der Waals surface area contributed by atoms with E-state index < -0.39 is 0 Å². The topological polar surface area (TPSA) is 68.0 Å². The number of aromatic nitrogens is 1. The van der Waals surface area contributed by atoms with Crippen molar-refractivity contribution in [3.8, 4) is 0 Å². The lowest BCUT2D eigenvalue weighted by Gasteiger charge is -2.49. The van der Waals surface area contributed by atoms with Gasteiger partial charge in [0.05, 0.1) is 56.6 Å². The first-order chi connectivity index (χ1) is 13.1. The summed E-state index contributed by atoms with van der Waals surface area (Å²) >= 11 is 0. The van der Waals surface area contributed by atoms with Crippen LogP contribution in [-0.4, -0.2) is 47.8 Å². The molecule has 0 N–H and O–H groups in total. The molecule has 3 aromatic rings. The molecule has 0 saturated carbocycles. The van der Waals surface area contributed by atoms with Gasteiger partial charge in [-0.05, 0) is 38.4 Å². The molecule has 7 nitrogen and oxygen atoms in total. The molecule has 1 aliphatic heterocycles. The van der Waals surface area contributed by atoms with E-state index in [1.54, 1.807) is 12.5 Å². The molecular weight excluding hydrogens is 346 g/mol. The van der Waals surface area contributed by atoms with Crippen molar-refractivity contribution in [1.29, 1.82) is 0 Å². The van der Waals surface area contributed by atoms with Crippen LogP contribution in [0.3, 0.4) is 0 Å². The second kappa shape index (κ2) is 7.72. The minimum Gasteiger partial charge on any atom is -0.468 e. The third kappa shape index (κ3) is 4.16. The summed E-state index contributed by atoms with van der Waals surface area (Å²) in [6.07, 6.45) is 4.16. The van der Waals surface area contributed by atoms with Gasteiger partial charge in [-0.2, -0.15) is 0 Å². The van der Waals surface area contributed by atoms with Crippen molar-refractivity contribution in [2.45, 2.75) is 31.6 Å². The van der Waals surface area contributed by atoms with Crippen molar-refractivity contribution >= 4 is 0 Å². The monoisotopic (exact) mass is 371 g/mol. The van der Waals surface area contributed by atoms with Gasteiger partial charge in [0.2, 0.25) is 0 Å². The number of ether oxygens (including phenoxy) is 1. The van der Waals surface area contributed by atoms with Gasteiger partial charge in [-0.1, -0.05) is 5.16 Å². The molecule has 0 aliphatic carbocycles. The van der Waals surface area contributed by atoms with E-state index in [-0.39, 0.29) is 5.54 Å². The van der Waals surface area contributed by atoms with Crippen molar-refractivity contribution in [3.63, 3.8) is 0 Å². The second-order valence-corrected chi connectivity index (χ2v) is 7.43. The Hall–Kier alpha value is -2.35. The van der Waals surface area contributed by atoms with Crippen LogP contribution in [0.1, 0.15) is 23.0 Å². The molecule has 0 amide bonds. The molecule has 0 aromatic carbocycles. The van der Waals surface area contributed by atoms with Crippen LogP contribution >= 0.6 is 0 Å². The highest BCUT2D eigenvalue weighted by Gasteiger charge is 2.45. The minimum atomic E-state index is -0.161. The summed E-state index contributed by atoms with van der Waals surface area (Å²) in [6, 6.07) is 9.85. The zero-order valence-electron chi connectivity index (χ0n) is 15.8. The Bertz CT molecular complexity index is 783. The maximum Gasteiger partial charge on any atom is 0.150 e. The van der Waals surface area contributed by atoms with Crippen LogP contribution in [0.5, 0.6) is 0 Å². The molecule has 3 aromatic heterocycles. The lowest BCUT2D eigenvalue weighted by molar-refractivity contribution is -0.150. The molecule has 4 heterocycles. The summed E-state index contributed by atoms with van der Waals surface area (Å²) in [6.45, 7) is 3.38. The first kappa shape index (κ1) is 18.0. The summed E-state index contributed by atoms with van der Waals surface area (Å²) in [7, 11) is 4.02. The number of furan rings is 2. The van der Waals surface area contributed by atoms with Crippen LogP contribution in [-0.2, 0) is 30.8 Å². The van der Waals surface area contributed by atoms with E-state index in [4.69, 9.17) is 18.1 Å². The van der Waals surface area contributed by atoms with Gasteiger partial charge >= 0.3 is 0 Å². The third-order valence-corrected chi connectivity index (χ3v) is 4.86. The van der Waals surface area contributed by atoms with Gasteiger partial charge in [0.25, 0.3) is 0 Å². The second-order valence-electron chi connectivity index (χ2n) is 7.43. The number of hydrogen-bond donors (Lipinski definition) is 0. The normalized spacial score (nSPS) is 16.1. The van der Waals surface area contributed by atoms with Gasteiger partial charge < -0.3 is 23.0 Å². The molecule has 144 valence electrons. The van der Waals surface area contributed by atoms with Crippen LogP contribution < -0.4 is 0 Å². The Morgan fingerprint density at radius 3 is 2.11 bits per heavy atom. The van der Waals surface area contributed by atoms with Crippen molar-refractivity contribution in [2.75, 3.05) is 27.3 Å². The van der Waals surface area contributed by atoms with Crippen molar-refractivity contribution in [1.82, 2.24) is 15.0 Å². The van der Waals surface area contributed by atoms with Gasteiger partial charge in [-0.3, -0.25) is 4.90 Å². The predicted molar refractivity (Wildman–Crippen MR) is 97.8 cm³/mol. The van der Waals surface area contributed by atoms with Gasteiger partial charge in [0.15, 0.2) is 5.76 Å².